The van der Waals surface area contributed by atoms with Gasteiger partial charge in [-0.15, -0.1) is 10.2 Å². The number of carbonyl (C=O) groups is 2. The Morgan fingerprint density at radius 2 is 2.00 bits per heavy atom. The summed E-state index contributed by atoms with van der Waals surface area (Å²) in [5, 5.41) is 13.5. The van der Waals surface area contributed by atoms with Gasteiger partial charge >= 0.3 is 6.18 Å². The van der Waals surface area contributed by atoms with Crippen molar-refractivity contribution < 1.29 is 22.8 Å². The Bertz CT molecular complexity index is 742. The van der Waals surface area contributed by atoms with Gasteiger partial charge in [-0.1, -0.05) is 43.1 Å². The van der Waals surface area contributed by atoms with E-state index in [1.807, 2.05) is 0 Å². The van der Waals surface area contributed by atoms with E-state index in [1.165, 1.54) is 6.08 Å². The second-order valence-electron chi connectivity index (χ2n) is 7.41. The first-order valence-electron chi connectivity index (χ1n) is 9.75. The van der Waals surface area contributed by atoms with Gasteiger partial charge in [0.1, 0.15) is 0 Å². The van der Waals surface area contributed by atoms with Gasteiger partial charge < -0.3 is 10.6 Å². The number of anilines is 1. The van der Waals surface area contributed by atoms with Crippen LogP contribution >= 0.6 is 11.3 Å². The van der Waals surface area contributed by atoms with E-state index in [1.54, 1.807) is 6.08 Å². The highest BCUT2D eigenvalue weighted by atomic mass is 32.1. The van der Waals surface area contributed by atoms with Crippen LogP contribution in [0.4, 0.5) is 18.3 Å². The molecular weight excluding hydrogens is 407 g/mol. The van der Waals surface area contributed by atoms with Crippen LogP contribution in [0.3, 0.4) is 0 Å². The largest absolute Gasteiger partial charge is 0.445 e. The molecule has 2 fully saturated rings. The van der Waals surface area contributed by atoms with Gasteiger partial charge in [0.25, 0.3) is 0 Å². The van der Waals surface area contributed by atoms with Gasteiger partial charge in [-0.25, -0.2) is 0 Å². The van der Waals surface area contributed by atoms with Crippen LogP contribution in [-0.2, 0) is 15.8 Å². The number of nitrogens with one attached hydrogen (secondary N) is 3. The fourth-order valence-corrected chi connectivity index (χ4v) is 3.98. The van der Waals surface area contributed by atoms with E-state index in [0.29, 0.717) is 5.92 Å². The monoisotopic (exact) mass is 431 g/mol. The minimum atomic E-state index is -4.60. The molecule has 0 unspecified atom stereocenters. The van der Waals surface area contributed by atoms with Gasteiger partial charge in [0, 0.05) is 12.1 Å². The number of piperidine rings is 1. The molecule has 0 spiro atoms. The number of alkyl halides is 3. The Kier molecular flexibility index (Phi) is 7.23. The predicted octanol–water partition coefficient (Wildman–Crippen LogP) is 2.87. The smallest absolute Gasteiger partial charge is 0.349 e. The lowest BCUT2D eigenvalue weighted by Crippen LogP contribution is -2.49. The van der Waals surface area contributed by atoms with Gasteiger partial charge in [-0.05, 0) is 31.7 Å². The predicted molar refractivity (Wildman–Crippen MR) is 102 cm³/mol. The number of halogens is 3. The average molecular weight is 431 g/mol. The highest BCUT2D eigenvalue weighted by molar-refractivity contribution is 7.15. The van der Waals surface area contributed by atoms with E-state index < -0.39 is 17.1 Å². The molecule has 1 aliphatic heterocycles. The Labute approximate surface area is 170 Å². The molecule has 1 aromatic heterocycles. The van der Waals surface area contributed by atoms with Crippen LogP contribution in [0.2, 0.25) is 0 Å². The molecule has 0 aromatic carbocycles. The Hall–Kier alpha value is -2.01. The molecule has 2 heterocycles. The van der Waals surface area contributed by atoms with E-state index in [-0.39, 0.29) is 34.5 Å². The molecule has 1 aliphatic carbocycles. The van der Waals surface area contributed by atoms with Crippen molar-refractivity contribution in [2.75, 3.05) is 11.9 Å². The van der Waals surface area contributed by atoms with Gasteiger partial charge in [-0.3, -0.25) is 14.9 Å². The quantitative estimate of drug-likeness (QED) is 0.577. The number of carbonyl (C=O) groups excluding carboxylic acids is 2. The minimum Gasteiger partial charge on any atom is -0.349 e. The SMILES string of the molecule is O=C(C=C[C@H](CC1CCC1)NC(=O)[C@@H]1CCCCN1)Nc1nnc(C(F)(F)F)s1. The molecular formula is C18H24F3N5O2S. The second kappa shape index (κ2) is 9.66. The van der Waals surface area contributed by atoms with Crippen LogP contribution in [0, 0.1) is 5.92 Å². The molecule has 160 valence electrons. The number of hydrogen-bond acceptors (Lipinski definition) is 6. The molecule has 1 saturated heterocycles. The number of amides is 2. The molecule has 3 N–H and O–H groups in total. The van der Waals surface area contributed by atoms with E-state index in [9.17, 15) is 22.8 Å². The first-order valence-corrected chi connectivity index (χ1v) is 10.6. The molecule has 11 heteroatoms. The van der Waals surface area contributed by atoms with Crippen LogP contribution in [0.1, 0.15) is 50.0 Å². The Morgan fingerprint density at radius 3 is 2.59 bits per heavy atom. The first-order chi connectivity index (χ1) is 13.8. The minimum absolute atomic E-state index is 0.0852. The fraction of sp³-hybridized carbons (Fsp3) is 0.667. The van der Waals surface area contributed by atoms with E-state index in [4.69, 9.17) is 0 Å². The van der Waals surface area contributed by atoms with Crippen molar-refractivity contribution in [3.05, 3.63) is 17.2 Å². The molecule has 2 amide bonds. The molecule has 0 radical (unpaired) electrons. The third-order valence-corrected chi connectivity index (χ3v) is 6.03. The number of aromatic nitrogens is 2. The Morgan fingerprint density at radius 1 is 1.21 bits per heavy atom. The standard InChI is InChI=1S/C18H24F3N5O2S/c19-18(20,21)16-25-26-17(29-16)24-14(27)8-7-12(10-11-4-3-5-11)23-15(28)13-6-1-2-9-22-13/h7-8,11-13,22H,1-6,9-10H2,(H,23,28)(H,24,26,27)/t12-,13+/m1/s1. The van der Waals surface area contributed by atoms with Gasteiger partial charge in [-0.2, -0.15) is 13.2 Å². The molecule has 29 heavy (non-hydrogen) atoms. The zero-order valence-electron chi connectivity index (χ0n) is 15.8. The van der Waals surface area contributed by atoms with Crippen molar-refractivity contribution in [1.82, 2.24) is 20.8 Å². The fourth-order valence-electron chi connectivity index (χ4n) is 3.37. The molecule has 1 saturated carbocycles. The molecule has 0 bridgehead atoms. The van der Waals surface area contributed by atoms with Crippen LogP contribution < -0.4 is 16.0 Å². The summed E-state index contributed by atoms with van der Waals surface area (Å²) in [6, 6.07) is -0.528. The zero-order chi connectivity index (χ0) is 20.9. The first kappa shape index (κ1) is 21.7. The lowest BCUT2D eigenvalue weighted by molar-refractivity contribution is -0.138. The number of nitrogens with zero attached hydrogens (tertiary/aromatic N) is 2. The summed E-state index contributed by atoms with van der Waals surface area (Å²) in [5.74, 6) is -0.193. The number of rotatable bonds is 7. The zero-order valence-corrected chi connectivity index (χ0v) is 16.6. The highest BCUT2D eigenvalue weighted by Gasteiger charge is 2.35. The highest BCUT2D eigenvalue weighted by Crippen LogP contribution is 2.33. The Balaban J connectivity index is 1.56. The molecule has 1 aromatic rings. The summed E-state index contributed by atoms with van der Waals surface area (Å²) in [5.41, 5.74) is 0. The summed E-state index contributed by atoms with van der Waals surface area (Å²) >= 11 is 0.264. The molecule has 7 nitrogen and oxygen atoms in total. The van der Waals surface area contributed by atoms with Crippen molar-refractivity contribution in [2.45, 2.75) is 63.2 Å². The maximum absolute atomic E-state index is 12.6. The molecule has 2 atom stereocenters. The normalized spacial score (nSPS) is 21.6. The third-order valence-electron chi connectivity index (χ3n) is 5.14. The van der Waals surface area contributed by atoms with Crippen molar-refractivity contribution in [3.63, 3.8) is 0 Å². The van der Waals surface area contributed by atoms with Gasteiger partial charge in [0.2, 0.25) is 22.0 Å². The van der Waals surface area contributed by atoms with Crippen molar-refractivity contribution >= 4 is 28.3 Å². The summed E-state index contributed by atoms with van der Waals surface area (Å²) in [7, 11) is 0. The van der Waals surface area contributed by atoms with Gasteiger partial charge in [0.15, 0.2) is 0 Å². The molecule has 2 aliphatic rings. The average Bonchev–Trinajstić information content (AvgIpc) is 3.12. The van der Waals surface area contributed by atoms with E-state index in [2.05, 4.69) is 26.1 Å². The third kappa shape index (κ3) is 6.49. The summed E-state index contributed by atoms with van der Waals surface area (Å²) < 4.78 is 37.7. The van der Waals surface area contributed by atoms with Gasteiger partial charge in [0.05, 0.1) is 6.04 Å². The maximum Gasteiger partial charge on any atom is 0.445 e. The van der Waals surface area contributed by atoms with Crippen molar-refractivity contribution in [2.24, 2.45) is 5.92 Å². The topological polar surface area (TPSA) is 96.0 Å². The van der Waals surface area contributed by atoms with Crippen molar-refractivity contribution in [1.29, 1.82) is 0 Å². The summed E-state index contributed by atoms with van der Waals surface area (Å²) in [6.45, 7) is 0.811. The summed E-state index contributed by atoms with van der Waals surface area (Å²) in [6.07, 6.45) is 5.16. The van der Waals surface area contributed by atoms with E-state index in [0.717, 1.165) is 51.5 Å². The van der Waals surface area contributed by atoms with Crippen LogP contribution in [0.5, 0.6) is 0 Å². The lowest BCUT2D eigenvalue weighted by atomic mass is 9.80. The maximum atomic E-state index is 12.6. The molecule has 3 rings (SSSR count). The number of hydrogen-bond donors (Lipinski definition) is 3. The summed E-state index contributed by atoms with van der Waals surface area (Å²) in [4.78, 5) is 24.6. The lowest BCUT2D eigenvalue weighted by Gasteiger charge is -2.30. The van der Waals surface area contributed by atoms with E-state index >= 15 is 0 Å². The second-order valence-corrected chi connectivity index (χ2v) is 8.39. The van der Waals surface area contributed by atoms with Crippen LogP contribution in [-0.4, -0.2) is 40.6 Å². The van der Waals surface area contributed by atoms with Crippen LogP contribution in [0.15, 0.2) is 12.2 Å². The van der Waals surface area contributed by atoms with Crippen LogP contribution in [0.25, 0.3) is 0 Å². The van der Waals surface area contributed by atoms with Crippen molar-refractivity contribution in [3.8, 4) is 0 Å².